The minimum atomic E-state index is -1.10. The Morgan fingerprint density at radius 1 is 0.912 bits per heavy atom. The zero-order chi connectivity index (χ0) is 23.9. The van der Waals surface area contributed by atoms with Crippen LogP contribution in [0.3, 0.4) is 0 Å². The minimum Gasteiger partial charge on any atom is -0.481 e. The van der Waals surface area contributed by atoms with E-state index in [1.54, 1.807) is 6.20 Å². The molecule has 0 saturated heterocycles. The van der Waals surface area contributed by atoms with Crippen molar-refractivity contribution in [3.05, 3.63) is 79.3 Å². The van der Waals surface area contributed by atoms with Gasteiger partial charge >= 0.3 is 5.97 Å². The third kappa shape index (κ3) is 5.54. The highest BCUT2D eigenvalue weighted by Gasteiger charge is 2.23. The lowest BCUT2D eigenvalue weighted by molar-refractivity contribution is -0.139. The third-order valence-electron chi connectivity index (χ3n) is 5.51. The van der Waals surface area contributed by atoms with Gasteiger partial charge in [0.1, 0.15) is 17.8 Å². The first-order valence-electron chi connectivity index (χ1n) is 11.1. The molecule has 0 bridgehead atoms. The van der Waals surface area contributed by atoms with E-state index in [0.29, 0.717) is 24.4 Å². The van der Waals surface area contributed by atoms with Gasteiger partial charge in [0.25, 0.3) is 0 Å². The van der Waals surface area contributed by atoms with Crippen LogP contribution in [0.4, 0.5) is 0 Å². The summed E-state index contributed by atoms with van der Waals surface area (Å²) in [5.41, 5.74) is 4.11. The number of aliphatic hydroxyl groups is 2. The molecule has 0 spiro atoms. The number of carboxylic acid groups (broad SMARTS) is 1. The molecule has 0 aliphatic heterocycles. The number of hydrogen-bond acceptors (Lipinski definition) is 6. The Balaban J connectivity index is 1.76. The number of benzene rings is 2. The predicted molar refractivity (Wildman–Crippen MR) is 128 cm³/mol. The number of aliphatic hydroxyl groups excluding tert-OH is 2. The number of carbonyl (C=O) groups is 1. The lowest BCUT2D eigenvalue weighted by Crippen LogP contribution is -2.22. The third-order valence-corrected chi connectivity index (χ3v) is 5.51. The Bertz CT molecular complexity index is 1210. The quantitative estimate of drug-likeness (QED) is 0.332. The molecule has 3 N–H and O–H groups in total. The molecule has 34 heavy (non-hydrogen) atoms. The van der Waals surface area contributed by atoms with Crippen LogP contribution in [0.1, 0.15) is 19.3 Å². The standard InChI is InChI=1S/C26H26N4O4/c31-20(15-21(32)16-23(33)34)12-14-30-25(18-7-3-1-4-8-18)24(22-11-13-27-17-28-22)29-26(30)19-9-5-2-6-10-19/h1-11,13,17,20-21,31-32H,12,14-16H2,(H,33,34)/t20-,21-/m0/s1. The zero-order valence-corrected chi connectivity index (χ0v) is 18.5. The van der Waals surface area contributed by atoms with E-state index in [1.807, 2.05) is 66.7 Å². The van der Waals surface area contributed by atoms with Crippen molar-refractivity contribution in [1.29, 1.82) is 0 Å². The van der Waals surface area contributed by atoms with Crippen LogP contribution in [-0.2, 0) is 11.3 Å². The molecule has 0 fully saturated rings. The van der Waals surface area contributed by atoms with E-state index in [4.69, 9.17) is 10.1 Å². The topological polar surface area (TPSA) is 121 Å². The molecule has 0 amide bonds. The molecule has 0 aliphatic carbocycles. The molecule has 0 aliphatic rings. The van der Waals surface area contributed by atoms with Gasteiger partial charge in [0.15, 0.2) is 0 Å². The van der Waals surface area contributed by atoms with Crippen LogP contribution < -0.4 is 0 Å². The minimum absolute atomic E-state index is 0.0128. The Labute approximate surface area is 197 Å². The monoisotopic (exact) mass is 458 g/mol. The second kappa shape index (κ2) is 10.8. The van der Waals surface area contributed by atoms with Crippen LogP contribution in [0.15, 0.2) is 79.3 Å². The van der Waals surface area contributed by atoms with Crippen LogP contribution in [0.25, 0.3) is 34.0 Å². The van der Waals surface area contributed by atoms with Crippen LogP contribution >= 0.6 is 0 Å². The maximum Gasteiger partial charge on any atom is 0.305 e. The van der Waals surface area contributed by atoms with Gasteiger partial charge < -0.3 is 19.9 Å². The summed E-state index contributed by atoms with van der Waals surface area (Å²) in [5, 5.41) is 29.3. The maximum atomic E-state index is 10.8. The van der Waals surface area contributed by atoms with Gasteiger partial charge in [0.05, 0.1) is 30.0 Å². The summed E-state index contributed by atoms with van der Waals surface area (Å²) in [4.78, 5) is 24.3. The summed E-state index contributed by atoms with van der Waals surface area (Å²) in [6.45, 7) is 0.410. The zero-order valence-electron chi connectivity index (χ0n) is 18.5. The van der Waals surface area contributed by atoms with E-state index >= 15 is 0 Å². The van der Waals surface area contributed by atoms with Crippen LogP contribution in [-0.4, -0.2) is 53.0 Å². The molecule has 4 aromatic rings. The van der Waals surface area contributed by atoms with Gasteiger partial charge in [0.2, 0.25) is 0 Å². The summed E-state index contributed by atoms with van der Waals surface area (Å²) in [5.74, 6) is -0.368. The largest absolute Gasteiger partial charge is 0.481 e. The molecule has 2 atom stereocenters. The SMILES string of the molecule is O=C(O)C[C@@H](O)C[C@@H](O)CCn1c(-c2ccccc2)nc(-c2ccncn2)c1-c1ccccc1. The molecule has 2 aromatic heterocycles. The van der Waals surface area contributed by atoms with E-state index in [1.165, 1.54) is 6.33 Å². The van der Waals surface area contributed by atoms with Gasteiger partial charge in [0, 0.05) is 23.9 Å². The maximum absolute atomic E-state index is 10.8. The van der Waals surface area contributed by atoms with Crippen molar-refractivity contribution in [2.75, 3.05) is 0 Å². The second-order valence-electron chi connectivity index (χ2n) is 8.04. The van der Waals surface area contributed by atoms with Crippen molar-refractivity contribution >= 4 is 5.97 Å². The van der Waals surface area contributed by atoms with E-state index < -0.39 is 24.6 Å². The fourth-order valence-electron chi connectivity index (χ4n) is 3.97. The Kier molecular flexibility index (Phi) is 7.41. The Hall–Kier alpha value is -3.88. The Morgan fingerprint density at radius 2 is 1.59 bits per heavy atom. The van der Waals surface area contributed by atoms with E-state index in [9.17, 15) is 15.0 Å². The highest BCUT2D eigenvalue weighted by atomic mass is 16.4. The first kappa shape index (κ1) is 23.3. The van der Waals surface area contributed by atoms with Crippen molar-refractivity contribution < 1.29 is 20.1 Å². The first-order chi connectivity index (χ1) is 16.5. The summed E-state index contributed by atoms with van der Waals surface area (Å²) >= 11 is 0. The normalized spacial score (nSPS) is 12.9. The lowest BCUT2D eigenvalue weighted by Gasteiger charge is -2.17. The number of hydrogen-bond donors (Lipinski definition) is 3. The molecular weight excluding hydrogens is 432 g/mol. The summed E-state index contributed by atoms with van der Waals surface area (Å²) in [6, 6.07) is 21.4. The molecule has 0 unspecified atom stereocenters. The van der Waals surface area contributed by atoms with E-state index in [-0.39, 0.29) is 6.42 Å². The first-order valence-corrected chi connectivity index (χ1v) is 11.1. The summed E-state index contributed by atoms with van der Waals surface area (Å²) < 4.78 is 2.05. The predicted octanol–water partition coefficient (Wildman–Crippen LogP) is 3.65. The molecule has 0 radical (unpaired) electrons. The van der Waals surface area contributed by atoms with Gasteiger partial charge in [-0.2, -0.15) is 0 Å². The van der Waals surface area contributed by atoms with E-state index in [2.05, 4.69) is 14.5 Å². The molecule has 0 saturated carbocycles. The smallest absolute Gasteiger partial charge is 0.305 e. The molecule has 2 aromatic carbocycles. The molecule has 8 heteroatoms. The van der Waals surface area contributed by atoms with Gasteiger partial charge in [-0.15, -0.1) is 0 Å². The van der Waals surface area contributed by atoms with Gasteiger partial charge in [-0.25, -0.2) is 15.0 Å². The molecule has 4 rings (SSSR count). The van der Waals surface area contributed by atoms with Crippen molar-refractivity contribution in [3.8, 4) is 34.0 Å². The van der Waals surface area contributed by atoms with Crippen molar-refractivity contribution in [3.63, 3.8) is 0 Å². The highest BCUT2D eigenvalue weighted by molar-refractivity contribution is 5.80. The lowest BCUT2D eigenvalue weighted by atomic mass is 10.1. The van der Waals surface area contributed by atoms with Gasteiger partial charge in [-0.05, 0) is 18.9 Å². The molecule has 8 nitrogen and oxygen atoms in total. The van der Waals surface area contributed by atoms with Crippen LogP contribution in [0.5, 0.6) is 0 Å². The average Bonchev–Trinajstić information content (AvgIpc) is 3.23. The van der Waals surface area contributed by atoms with Crippen molar-refractivity contribution in [1.82, 2.24) is 19.5 Å². The van der Waals surface area contributed by atoms with E-state index in [0.717, 1.165) is 22.6 Å². The molecule has 174 valence electrons. The molecule has 2 heterocycles. The number of imidazole rings is 1. The molecular formula is C26H26N4O4. The fraction of sp³-hybridized carbons (Fsp3) is 0.231. The second-order valence-corrected chi connectivity index (χ2v) is 8.04. The van der Waals surface area contributed by atoms with Crippen molar-refractivity contribution in [2.45, 2.75) is 38.0 Å². The van der Waals surface area contributed by atoms with Gasteiger partial charge in [-0.1, -0.05) is 60.7 Å². The average molecular weight is 459 g/mol. The number of carboxylic acids is 1. The fourth-order valence-corrected chi connectivity index (χ4v) is 3.97. The summed E-state index contributed by atoms with van der Waals surface area (Å²) in [6.07, 6.45) is 1.09. The highest BCUT2D eigenvalue weighted by Crippen LogP contribution is 2.35. The van der Waals surface area contributed by atoms with Crippen molar-refractivity contribution in [2.24, 2.45) is 0 Å². The van der Waals surface area contributed by atoms with Gasteiger partial charge in [-0.3, -0.25) is 4.79 Å². The summed E-state index contributed by atoms with van der Waals surface area (Å²) in [7, 11) is 0. The van der Waals surface area contributed by atoms with Crippen LogP contribution in [0.2, 0.25) is 0 Å². The number of aromatic nitrogens is 4. The number of aliphatic carboxylic acids is 1. The van der Waals surface area contributed by atoms with Crippen LogP contribution in [0, 0.1) is 0 Å². The Morgan fingerprint density at radius 3 is 2.21 bits per heavy atom. The number of nitrogens with zero attached hydrogens (tertiary/aromatic N) is 4. The number of rotatable bonds is 10.